The lowest BCUT2D eigenvalue weighted by Crippen LogP contribution is -2.69. The van der Waals surface area contributed by atoms with Crippen LogP contribution >= 0.6 is 0 Å². The molecule has 0 aromatic carbocycles. The lowest BCUT2D eigenvalue weighted by atomic mass is 9.51. The molecule has 0 aromatic rings. The smallest absolute Gasteiger partial charge is 0.194 e. The van der Waals surface area contributed by atoms with Crippen LogP contribution in [0, 0.1) is 5.41 Å². The minimum Gasteiger partial charge on any atom is -0.378 e. The highest BCUT2D eigenvalue weighted by Crippen LogP contribution is 2.57. The molecule has 2 heterocycles. The molecule has 4 unspecified atom stereocenters. The number of hydrogen-bond donors (Lipinski definition) is 1. The molecule has 1 N–H and O–H groups in total. The fraction of sp³-hybridized carbons (Fsp3) is 0.947. The zero-order chi connectivity index (χ0) is 17.3. The summed E-state index contributed by atoms with van der Waals surface area (Å²) in [6, 6.07) is 0.500. The van der Waals surface area contributed by atoms with Gasteiger partial charge in [-0.3, -0.25) is 4.99 Å². The zero-order valence-electron chi connectivity index (χ0n) is 15.7. The Kier molecular flexibility index (Phi) is 5.20. The van der Waals surface area contributed by atoms with Gasteiger partial charge in [-0.15, -0.1) is 0 Å². The van der Waals surface area contributed by atoms with E-state index in [1.165, 1.54) is 19.3 Å². The fourth-order valence-corrected chi connectivity index (χ4v) is 5.08. The maximum absolute atomic E-state index is 5.98. The van der Waals surface area contributed by atoms with Crippen LogP contribution in [0.5, 0.6) is 0 Å². The van der Waals surface area contributed by atoms with Gasteiger partial charge in [0.25, 0.3) is 0 Å². The molecule has 4 atom stereocenters. The monoisotopic (exact) mass is 351 g/mol. The number of morpholine rings is 1. The fourth-order valence-electron chi connectivity index (χ4n) is 5.08. The molecule has 2 saturated heterocycles. The number of aliphatic imine (C=N–C) groups is 1. The number of guanidine groups is 1. The first kappa shape index (κ1) is 17.6. The van der Waals surface area contributed by atoms with E-state index < -0.39 is 0 Å². The van der Waals surface area contributed by atoms with Gasteiger partial charge >= 0.3 is 0 Å². The predicted molar refractivity (Wildman–Crippen MR) is 96.9 cm³/mol. The Hall–Kier alpha value is -0.850. The Labute approximate surface area is 151 Å². The maximum Gasteiger partial charge on any atom is 0.194 e. The van der Waals surface area contributed by atoms with Crippen molar-refractivity contribution in [2.75, 3.05) is 40.0 Å². The first-order valence-electron chi connectivity index (χ1n) is 10.1. The van der Waals surface area contributed by atoms with Crippen LogP contribution in [-0.2, 0) is 14.2 Å². The van der Waals surface area contributed by atoms with Crippen molar-refractivity contribution in [3.8, 4) is 0 Å². The Bertz CT molecular complexity index is 488. The molecule has 2 aliphatic heterocycles. The summed E-state index contributed by atoms with van der Waals surface area (Å²) in [5.74, 6) is 1.03. The van der Waals surface area contributed by atoms with Crippen molar-refractivity contribution in [1.29, 1.82) is 0 Å². The highest BCUT2D eigenvalue weighted by molar-refractivity contribution is 5.80. The molecule has 6 nitrogen and oxygen atoms in total. The highest BCUT2D eigenvalue weighted by Gasteiger charge is 2.59. The van der Waals surface area contributed by atoms with Crippen molar-refractivity contribution in [1.82, 2.24) is 10.2 Å². The number of nitrogens with zero attached hydrogens (tertiary/aromatic N) is 2. The average Bonchev–Trinajstić information content (AvgIpc) is 3.11. The number of rotatable bonds is 4. The number of hydrogen-bond acceptors (Lipinski definition) is 4. The molecule has 2 aliphatic carbocycles. The van der Waals surface area contributed by atoms with Gasteiger partial charge in [0.1, 0.15) is 6.10 Å². The lowest BCUT2D eigenvalue weighted by molar-refractivity contribution is -0.169. The predicted octanol–water partition coefficient (Wildman–Crippen LogP) is 1.79. The number of nitrogens with one attached hydrogen (secondary N) is 1. The Balaban J connectivity index is 1.36. The van der Waals surface area contributed by atoms with Crippen LogP contribution < -0.4 is 5.32 Å². The highest BCUT2D eigenvalue weighted by atomic mass is 16.5. The van der Waals surface area contributed by atoms with Gasteiger partial charge in [0.05, 0.1) is 18.8 Å². The van der Waals surface area contributed by atoms with E-state index in [0.717, 1.165) is 58.1 Å². The van der Waals surface area contributed by atoms with Gasteiger partial charge in [0.2, 0.25) is 0 Å². The summed E-state index contributed by atoms with van der Waals surface area (Å²) in [4.78, 5) is 6.94. The standard InChI is InChI=1S/C19H33N3O3/c1-3-23-17-12-16(19(17)7-5-8-19)21-18(20-2)22-9-11-25-15(13-22)14-6-4-10-24-14/h14-17H,3-13H2,1-2H3,(H,20,21). The summed E-state index contributed by atoms with van der Waals surface area (Å²) in [7, 11) is 1.89. The SMILES string of the molecule is CCOC1CC(NC(=NC)N2CCOC(C3CCCO3)C2)C12CCC2. The van der Waals surface area contributed by atoms with Gasteiger partial charge < -0.3 is 24.4 Å². The summed E-state index contributed by atoms with van der Waals surface area (Å²) in [5, 5.41) is 3.76. The van der Waals surface area contributed by atoms with E-state index in [9.17, 15) is 0 Å². The van der Waals surface area contributed by atoms with E-state index in [2.05, 4.69) is 22.1 Å². The quantitative estimate of drug-likeness (QED) is 0.618. The van der Waals surface area contributed by atoms with Gasteiger partial charge in [-0.25, -0.2) is 0 Å². The molecule has 6 heteroatoms. The minimum absolute atomic E-state index is 0.171. The molecule has 25 heavy (non-hydrogen) atoms. The first-order chi connectivity index (χ1) is 12.3. The molecule has 4 rings (SSSR count). The van der Waals surface area contributed by atoms with Crippen LogP contribution in [0.25, 0.3) is 0 Å². The normalized spacial score (nSPS) is 37.7. The molecule has 0 bridgehead atoms. The van der Waals surface area contributed by atoms with Crippen LogP contribution in [0.4, 0.5) is 0 Å². The third-order valence-electron chi connectivity index (χ3n) is 6.73. The first-order valence-corrected chi connectivity index (χ1v) is 10.1. The van der Waals surface area contributed by atoms with E-state index in [1.807, 2.05) is 7.05 Å². The minimum atomic E-state index is 0.171. The molecule has 0 aromatic heterocycles. The van der Waals surface area contributed by atoms with Crippen LogP contribution in [-0.4, -0.2) is 75.2 Å². The maximum atomic E-state index is 5.98. The van der Waals surface area contributed by atoms with Gasteiger partial charge in [-0.05, 0) is 39.0 Å². The van der Waals surface area contributed by atoms with Gasteiger partial charge in [0.15, 0.2) is 5.96 Å². The van der Waals surface area contributed by atoms with Crippen molar-refractivity contribution >= 4 is 5.96 Å². The summed E-state index contributed by atoms with van der Waals surface area (Å²) >= 11 is 0. The largest absolute Gasteiger partial charge is 0.378 e. The molecule has 0 amide bonds. The molecule has 2 saturated carbocycles. The molecule has 142 valence electrons. The topological polar surface area (TPSA) is 55.3 Å². The van der Waals surface area contributed by atoms with Crippen LogP contribution in [0.15, 0.2) is 4.99 Å². The summed E-state index contributed by atoms with van der Waals surface area (Å²) in [6.45, 7) is 6.32. The van der Waals surface area contributed by atoms with Gasteiger partial charge in [0, 0.05) is 44.8 Å². The van der Waals surface area contributed by atoms with E-state index in [4.69, 9.17) is 14.2 Å². The summed E-state index contributed by atoms with van der Waals surface area (Å²) < 4.78 is 17.8. The van der Waals surface area contributed by atoms with Crippen molar-refractivity contribution in [3.05, 3.63) is 0 Å². The molecule has 1 spiro atoms. The van der Waals surface area contributed by atoms with Crippen molar-refractivity contribution in [3.63, 3.8) is 0 Å². The molecular weight excluding hydrogens is 318 g/mol. The third kappa shape index (κ3) is 3.17. The van der Waals surface area contributed by atoms with E-state index in [1.54, 1.807) is 0 Å². The second kappa shape index (κ2) is 7.41. The molecular formula is C19H33N3O3. The summed E-state index contributed by atoms with van der Waals surface area (Å²) in [5.41, 5.74) is 0.353. The van der Waals surface area contributed by atoms with Crippen LogP contribution in [0.3, 0.4) is 0 Å². The van der Waals surface area contributed by atoms with Crippen molar-refractivity contribution in [2.24, 2.45) is 10.4 Å². The number of ether oxygens (including phenoxy) is 3. The molecule has 4 fully saturated rings. The molecule has 4 aliphatic rings. The second-order valence-corrected chi connectivity index (χ2v) is 7.92. The lowest BCUT2D eigenvalue weighted by Gasteiger charge is -2.61. The van der Waals surface area contributed by atoms with Crippen LogP contribution in [0.1, 0.15) is 45.4 Å². The average molecular weight is 351 g/mol. The van der Waals surface area contributed by atoms with Crippen LogP contribution in [0.2, 0.25) is 0 Å². The Morgan fingerprint density at radius 1 is 1.24 bits per heavy atom. The van der Waals surface area contributed by atoms with E-state index in [-0.39, 0.29) is 12.2 Å². The van der Waals surface area contributed by atoms with Crippen molar-refractivity contribution < 1.29 is 14.2 Å². The molecule has 0 radical (unpaired) electrons. The van der Waals surface area contributed by atoms with E-state index >= 15 is 0 Å². The second-order valence-electron chi connectivity index (χ2n) is 7.92. The Morgan fingerprint density at radius 2 is 2.08 bits per heavy atom. The van der Waals surface area contributed by atoms with E-state index in [0.29, 0.717) is 17.6 Å². The summed E-state index contributed by atoms with van der Waals surface area (Å²) in [6.07, 6.45) is 8.14. The van der Waals surface area contributed by atoms with Gasteiger partial charge in [-0.1, -0.05) is 6.42 Å². The van der Waals surface area contributed by atoms with Crippen molar-refractivity contribution in [2.45, 2.75) is 69.8 Å². The Morgan fingerprint density at radius 3 is 2.72 bits per heavy atom. The zero-order valence-corrected chi connectivity index (χ0v) is 15.7. The third-order valence-corrected chi connectivity index (χ3v) is 6.73. The van der Waals surface area contributed by atoms with Gasteiger partial charge in [-0.2, -0.15) is 0 Å².